The predicted molar refractivity (Wildman–Crippen MR) is 163 cm³/mol. The van der Waals surface area contributed by atoms with Crippen molar-refractivity contribution in [2.75, 3.05) is 19.0 Å². The minimum Gasteiger partial charge on any atom is -0.493 e. The summed E-state index contributed by atoms with van der Waals surface area (Å²) in [5.74, 6) is 0.924. The zero-order valence-corrected chi connectivity index (χ0v) is 22.8. The Kier molecular flexibility index (Phi) is 8.49. The molecule has 8 heteroatoms. The van der Waals surface area contributed by atoms with Gasteiger partial charge in [0.15, 0.2) is 11.5 Å². The van der Waals surface area contributed by atoms with E-state index < -0.39 is 6.04 Å². The Labute approximate surface area is 239 Å². The number of carbonyl (C=O) groups excluding carboxylic acids is 1. The average molecular weight is 548 g/mol. The summed E-state index contributed by atoms with van der Waals surface area (Å²) in [6, 6.07) is 29.9. The number of aromatic amines is 1. The predicted octanol–water partition coefficient (Wildman–Crippen LogP) is 5.55. The Morgan fingerprint density at radius 1 is 0.951 bits per heavy atom. The highest BCUT2D eigenvalue weighted by Crippen LogP contribution is 2.32. The van der Waals surface area contributed by atoms with Crippen LogP contribution >= 0.6 is 0 Å². The highest BCUT2D eigenvalue weighted by Gasteiger charge is 2.22. The standard InChI is InChI=1S/C33H33N5O3/c1-40-30-19-24(13-16-29(30)41-21-22-7-3-2-4-8-22)31(38-26-14-11-23(12-15-26)32(34)35)33(39)36-18-17-25-20-37-28-10-6-5-9-27(25)28/h2-16,19-20,31,37-38H,17-18,21H2,1H3,(H3,34,35)(H,36,39)/t31-/m0/s1. The van der Waals surface area contributed by atoms with Crippen LogP contribution in [-0.2, 0) is 17.8 Å². The first-order valence-corrected chi connectivity index (χ1v) is 13.4. The molecule has 8 nitrogen and oxygen atoms in total. The molecule has 5 rings (SSSR count). The number of hydrogen-bond acceptors (Lipinski definition) is 5. The van der Waals surface area contributed by atoms with Crippen LogP contribution in [0.1, 0.15) is 28.3 Å². The molecule has 0 aliphatic carbocycles. The maximum Gasteiger partial charge on any atom is 0.247 e. The van der Waals surface area contributed by atoms with Crippen LogP contribution in [0.15, 0.2) is 103 Å². The minimum atomic E-state index is -0.710. The Morgan fingerprint density at radius 2 is 1.71 bits per heavy atom. The third-order valence-electron chi connectivity index (χ3n) is 6.90. The molecule has 1 atom stereocenters. The molecule has 208 valence electrons. The van der Waals surface area contributed by atoms with Crippen molar-refractivity contribution in [1.29, 1.82) is 5.41 Å². The van der Waals surface area contributed by atoms with E-state index in [-0.39, 0.29) is 11.7 Å². The molecule has 1 aromatic heterocycles. The summed E-state index contributed by atoms with van der Waals surface area (Å²) in [5, 5.41) is 15.2. The van der Waals surface area contributed by atoms with E-state index in [2.05, 4.69) is 21.7 Å². The monoisotopic (exact) mass is 547 g/mol. The summed E-state index contributed by atoms with van der Waals surface area (Å²) in [6.07, 6.45) is 2.67. The minimum absolute atomic E-state index is 0.0149. The van der Waals surface area contributed by atoms with E-state index in [0.717, 1.165) is 27.7 Å². The van der Waals surface area contributed by atoms with E-state index in [4.69, 9.17) is 20.6 Å². The van der Waals surface area contributed by atoms with Crippen molar-refractivity contribution >= 4 is 28.3 Å². The van der Waals surface area contributed by atoms with Crippen molar-refractivity contribution < 1.29 is 14.3 Å². The first-order valence-electron chi connectivity index (χ1n) is 13.4. The molecule has 0 saturated carbocycles. The third-order valence-corrected chi connectivity index (χ3v) is 6.90. The van der Waals surface area contributed by atoms with E-state index in [1.54, 1.807) is 31.4 Å². The van der Waals surface area contributed by atoms with E-state index >= 15 is 0 Å². The Morgan fingerprint density at radius 3 is 2.46 bits per heavy atom. The molecule has 41 heavy (non-hydrogen) atoms. The van der Waals surface area contributed by atoms with Crippen molar-refractivity contribution in [2.45, 2.75) is 19.1 Å². The van der Waals surface area contributed by atoms with Gasteiger partial charge in [-0.05, 0) is 65.6 Å². The number of para-hydroxylation sites is 1. The van der Waals surface area contributed by atoms with Gasteiger partial charge in [0.1, 0.15) is 18.5 Å². The molecule has 0 aliphatic rings. The number of benzene rings is 4. The quantitative estimate of drug-likeness (QED) is 0.103. The van der Waals surface area contributed by atoms with Gasteiger partial charge in [-0.2, -0.15) is 0 Å². The number of methoxy groups -OCH3 is 1. The highest BCUT2D eigenvalue weighted by atomic mass is 16.5. The van der Waals surface area contributed by atoms with E-state index in [1.165, 1.54) is 0 Å². The number of ether oxygens (including phenoxy) is 2. The molecule has 0 unspecified atom stereocenters. The number of fused-ring (bicyclic) bond motifs is 1. The first kappa shape index (κ1) is 27.3. The summed E-state index contributed by atoms with van der Waals surface area (Å²) in [7, 11) is 1.58. The molecule has 0 fully saturated rings. The number of aromatic nitrogens is 1. The fourth-order valence-corrected chi connectivity index (χ4v) is 4.69. The second kappa shape index (κ2) is 12.7. The lowest BCUT2D eigenvalue weighted by molar-refractivity contribution is -0.121. The maximum absolute atomic E-state index is 13.6. The summed E-state index contributed by atoms with van der Waals surface area (Å²) >= 11 is 0. The molecule has 0 spiro atoms. The van der Waals surface area contributed by atoms with E-state index in [1.807, 2.05) is 72.9 Å². The van der Waals surface area contributed by atoms with Gasteiger partial charge in [-0.3, -0.25) is 10.2 Å². The van der Waals surface area contributed by atoms with Crippen LogP contribution in [0, 0.1) is 5.41 Å². The van der Waals surface area contributed by atoms with Crippen LogP contribution in [0.2, 0.25) is 0 Å². The number of nitrogens with two attached hydrogens (primary N) is 1. The fourth-order valence-electron chi connectivity index (χ4n) is 4.69. The van der Waals surface area contributed by atoms with Gasteiger partial charge in [0.25, 0.3) is 0 Å². The largest absolute Gasteiger partial charge is 0.493 e. The molecule has 5 aromatic rings. The van der Waals surface area contributed by atoms with E-state index in [9.17, 15) is 4.79 Å². The molecule has 1 heterocycles. The molecule has 6 N–H and O–H groups in total. The second-order valence-corrected chi connectivity index (χ2v) is 9.65. The summed E-state index contributed by atoms with van der Waals surface area (Å²) in [6.45, 7) is 0.868. The molecule has 4 aromatic carbocycles. The average Bonchev–Trinajstić information content (AvgIpc) is 3.42. The number of anilines is 1. The summed E-state index contributed by atoms with van der Waals surface area (Å²) in [4.78, 5) is 16.9. The van der Waals surface area contributed by atoms with Crippen LogP contribution < -0.4 is 25.8 Å². The Bertz CT molecular complexity index is 1630. The number of nitrogens with one attached hydrogen (secondary N) is 4. The zero-order chi connectivity index (χ0) is 28.6. The maximum atomic E-state index is 13.6. The van der Waals surface area contributed by atoms with E-state index in [0.29, 0.717) is 42.2 Å². The van der Waals surface area contributed by atoms with Gasteiger partial charge in [0.2, 0.25) is 5.91 Å². The third kappa shape index (κ3) is 6.67. The van der Waals surface area contributed by atoms with Crippen molar-refractivity contribution in [1.82, 2.24) is 10.3 Å². The summed E-state index contributed by atoms with van der Waals surface area (Å²) < 4.78 is 11.7. The van der Waals surface area contributed by atoms with Gasteiger partial charge >= 0.3 is 0 Å². The highest BCUT2D eigenvalue weighted by molar-refractivity contribution is 5.95. The lowest BCUT2D eigenvalue weighted by Gasteiger charge is -2.22. The summed E-state index contributed by atoms with van der Waals surface area (Å²) in [5.41, 5.74) is 10.9. The molecule has 0 bridgehead atoms. The van der Waals surface area contributed by atoms with Crippen LogP contribution in [0.4, 0.5) is 5.69 Å². The SMILES string of the molecule is COc1cc([C@H](Nc2ccc(C(=N)N)cc2)C(=O)NCCc2c[nH]c3ccccc23)ccc1OCc1ccccc1. The fraction of sp³-hybridized carbons (Fsp3) is 0.152. The number of nitrogen functional groups attached to an aromatic ring is 1. The van der Waals surface area contributed by atoms with Gasteiger partial charge in [0.05, 0.1) is 7.11 Å². The van der Waals surface area contributed by atoms with Gasteiger partial charge < -0.3 is 30.8 Å². The number of H-pyrrole nitrogens is 1. The topological polar surface area (TPSA) is 125 Å². The zero-order valence-electron chi connectivity index (χ0n) is 22.8. The number of carbonyl (C=O) groups is 1. The smallest absolute Gasteiger partial charge is 0.247 e. The van der Waals surface area contributed by atoms with Crippen LogP contribution in [-0.4, -0.2) is 30.4 Å². The number of rotatable bonds is 12. The Hall–Kier alpha value is -5.24. The van der Waals surface area contributed by atoms with Crippen LogP contribution in [0.5, 0.6) is 11.5 Å². The normalized spacial score (nSPS) is 11.5. The van der Waals surface area contributed by atoms with Crippen molar-refractivity contribution in [2.24, 2.45) is 5.73 Å². The Balaban J connectivity index is 1.34. The molecule has 0 aliphatic heterocycles. The van der Waals surface area contributed by atoms with Crippen molar-refractivity contribution in [3.8, 4) is 11.5 Å². The number of amides is 1. The lowest BCUT2D eigenvalue weighted by atomic mass is 10.0. The van der Waals surface area contributed by atoms with Crippen LogP contribution in [0.25, 0.3) is 10.9 Å². The van der Waals surface area contributed by atoms with Crippen molar-refractivity contribution in [3.63, 3.8) is 0 Å². The molecule has 1 amide bonds. The van der Waals surface area contributed by atoms with Crippen molar-refractivity contribution in [3.05, 3.63) is 126 Å². The van der Waals surface area contributed by atoms with Gasteiger partial charge in [0, 0.05) is 34.9 Å². The second-order valence-electron chi connectivity index (χ2n) is 9.65. The van der Waals surface area contributed by atoms with Crippen LogP contribution in [0.3, 0.4) is 0 Å². The molecule has 0 radical (unpaired) electrons. The molecular formula is C33H33N5O3. The number of hydrogen-bond donors (Lipinski definition) is 5. The lowest BCUT2D eigenvalue weighted by Crippen LogP contribution is -2.34. The van der Waals surface area contributed by atoms with Gasteiger partial charge in [-0.25, -0.2) is 0 Å². The molecule has 0 saturated heterocycles. The number of amidine groups is 1. The van der Waals surface area contributed by atoms with Gasteiger partial charge in [-0.1, -0.05) is 54.6 Å². The van der Waals surface area contributed by atoms with Gasteiger partial charge in [-0.15, -0.1) is 0 Å². The molecular weight excluding hydrogens is 514 g/mol. The first-order chi connectivity index (χ1) is 20.0.